The van der Waals surface area contributed by atoms with Crippen molar-refractivity contribution in [2.24, 2.45) is 5.73 Å². The van der Waals surface area contributed by atoms with Crippen LogP contribution in [0.25, 0.3) is 5.69 Å². The van der Waals surface area contributed by atoms with E-state index >= 15 is 0 Å². The number of aromatic nitrogens is 1. The lowest BCUT2D eigenvalue weighted by atomic mass is 9.99. The molecule has 1 atom stereocenters. The molecule has 0 aliphatic carbocycles. The maximum Gasteiger partial charge on any atom is 0.255 e. The summed E-state index contributed by atoms with van der Waals surface area (Å²) in [4.78, 5) is 27.1. The molecular formula is C23H22FN3O3. The topological polar surface area (TPSA) is 88.6 Å². The molecule has 1 amide bonds. The van der Waals surface area contributed by atoms with E-state index in [9.17, 15) is 19.1 Å². The van der Waals surface area contributed by atoms with Crippen molar-refractivity contribution in [3.05, 3.63) is 93.7 Å². The monoisotopic (exact) mass is 407 g/mol. The highest BCUT2D eigenvalue weighted by Gasteiger charge is 2.26. The summed E-state index contributed by atoms with van der Waals surface area (Å²) in [6.07, 6.45) is 2.67. The lowest BCUT2D eigenvalue weighted by Crippen LogP contribution is -2.47. The number of carbonyl (C=O) groups excluding carboxylic acids is 1. The lowest BCUT2D eigenvalue weighted by molar-refractivity contribution is -0.133. The number of halogens is 1. The molecule has 0 spiro atoms. The predicted molar refractivity (Wildman–Crippen MR) is 111 cm³/mol. The van der Waals surface area contributed by atoms with Gasteiger partial charge in [-0.15, -0.1) is 0 Å². The molecule has 3 aromatic rings. The highest BCUT2D eigenvalue weighted by Crippen LogP contribution is 2.20. The zero-order valence-corrected chi connectivity index (χ0v) is 16.3. The summed E-state index contributed by atoms with van der Waals surface area (Å²) < 4.78 is 14.7. The normalized spacial score (nSPS) is 14.3. The van der Waals surface area contributed by atoms with Crippen LogP contribution in [-0.4, -0.2) is 33.1 Å². The molecule has 0 bridgehead atoms. The molecule has 0 radical (unpaired) electrons. The van der Waals surface area contributed by atoms with Crippen LogP contribution in [0.2, 0.25) is 0 Å². The summed E-state index contributed by atoms with van der Waals surface area (Å²) in [6.45, 7) is 0.855. The first kappa shape index (κ1) is 19.8. The van der Waals surface area contributed by atoms with Gasteiger partial charge in [-0.2, -0.15) is 0 Å². The third-order valence-electron chi connectivity index (χ3n) is 5.37. The SMILES string of the molecule is N[C@H](Cc1ccc(O)cc1)C(=O)N1CCc2cc(=O)n(-c3ccc(F)cc3)cc2C1. The summed E-state index contributed by atoms with van der Waals surface area (Å²) in [5, 5.41) is 9.39. The molecule has 1 aliphatic heterocycles. The van der Waals surface area contributed by atoms with E-state index in [1.165, 1.54) is 16.7 Å². The van der Waals surface area contributed by atoms with E-state index in [-0.39, 0.29) is 23.0 Å². The number of aromatic hydroxyl groups is 1. The van der Waals surface area contributed by atoms with Crippen LogP contribution in [0.1, 0.15) is 16.7 Å². The Labute approximate surface area is 173 Å². The van der Waals surface area contributed by atoms with Crippen LogP contribution in [0, 0.1) is 5.82 Å². The largest absolute Gasteiger partial charge is 0.508 e. The van der Waals surface area contributed by atoms with Crippen LogP contribution >= 0.6 is 0 Å². The Kier molecular flexibility index (Phi) is 5.37. The first-order valence-electron chi connectivity index (χ1n) is 9.73. The Morgan fingerprint density at radius 1 is 1.10 bits per heavy atom. The van der Waals surface area contributed by atoms with E-state index in [0.29, 0.717) is 31.6 Å². The lowest BCUT2D eigenvalue weighted by Gasteiger charge is -2.31. The maximum absolute atomic E-state index is 13.2. The second kappa shape index (κ2) is 8.12. The smallest absolute Gasteiger partial charge is 0.255 e. The van der Waals surface area contributed by atoms with Crippen molar-refractivity contribution in [2.75, 3.05) is 6.54 Å². The van der Waals surface area contributed by atoms with Gasteiger partial charge in [0.1, 0.15) is 11.6 Å². The molecule has 2 aromatic carbocycles. The first-order chi connectivity index (χ1) is 14.4. The molecule has 3 N–H and O–H groups in total. The minimum Gasteiger partial charge on any atom is -0.508 e. The molecule has 0 unspecified atom stereocenters. The van der Waals surface area contributed by atoms with Crippen LogP contribution in [0.5, 0.6) is 5.75 Å². The Morgan fingerprint density at radius 2 is 1.80 bits per heavy atom. The molecule has 1 aromatic heterocycles. The van der Waals surface area contributed by atoms with Crippen molar-refractivity contribution in [3.8, 4) is 11.4 Å². The highest BCUT2D eigenvalue weighted by molar-refractivity contribution is 5.82. The Hall–Kier alpha value is -3.45. The molecule has 0 fully saturated rings. The summed E-state index contributed by atoms with van der Waals surface area (Å²) in [5.74, 6) is -0.365. The number of hydrogen-bond donors (Lipinski definition) is 2. The van der Waals surface area contributed by atoms with Crippen LogP contribution in [0.3, 0.4) is 0 Å². The molecule has 4 rings (SSSR count). The summed E-state index contributed by atoms with van der Waals surface area (Å²) in [7, 11) is 0. The van der Waals surface area contributed by atoms with Gasteiger partial charge in [-0.05, 0) is 65.9 Å². The molecule has 6 nitrogen and oxygen atoms in total. The fraction of sp³-hybridized carbons (Fsp3) is 0.217. The molecular weight excluding hydrogens is 385 g/mol. The number of rotatable bonds is 4. The molecule has 30 heavy (non-hydrogen) atoms. The summed E-state index contributed by atoms with van der Waals surface area (Å²) in [6, 6.07) is 13.2. The van der Waals surface area contributed by atoms with Crippen LogP contribution in [0.15, 0.2) is 65.6 Å². The van der Waals surface area contributed by atoms with E-state index in [1.54, 1.807) is 53.6 Å². The number of nitrogens with two attached hydrogens (primary N) is 1. The van der Waals surface area contributed by atoms with Crippen molar-refractivity contribution in [3.63, 3.8) is 0 Å². The van der Waals surface area contributed by atoms with Gasteiger partial charge >= 0.3 is 0 Å². The van der Waals surface area contributed by atoms with E-state index < -0.39 is 6.04 Å². The van der Waals surface area contributed by atoms with E-state index in [1.807, 2.05) is 0 Å². The van der Waals surface area contributed by atoms with Crippen molar-refractivity contribution in [1.29, 1.82) is 0 Å². The predicted octanol–water partition coefficient (Wildman–Crippen LogP) is 2.14. The maximum atomic E-state index is 13.2. The number of hydrogen-bond acceptors (Lipinski definition) is 4. The number of carbonyl (C=O) groups is 1. The molecule has 154 valence electrons. The third-order valence-corrected chi connectivity index (χ3v) is 5.37. The van der Waals surface area contributed by atoms with Crippen molar-refractivity contribution >= 4 is 5.91 Å². The minimum absolute atomic E-state index is 0.159. The summed E-state index contributed by atoms with van der Waals surface area (Å²) in [5.41, 5.74) is 9.18. The van der Waals surface area contributed by atoms with Gasteiger partial charge < -0.3 is 15.7 Å². The number of nitrogens with zero attached hydrogens (tertiary/aromatic N) is 2. The van der Waals surface area contributed by atoms with Gasteiger partial charge in [0.2, 0.25) is 5.91 Å². The molecule has 0 saturated heterocycles. The first-order valence-corrected chi connectivity index (χ1v) is 9.73. The number of benzene rings is 2. The van der Waals surface area contributed by atoms with Gasteiger partial charge in [-0.1, -0.05) is 12.1 Å². The minimum atomic E-state index is -0.695. The standard InChI is InChI=1S/C23H22FN3O3/c24-18-3-5-19(6-4-18)27-14-17-13-26(10-9-16(17)12-22(27)29)23(30)21(25)11-15-1-7-20(28)8-2-15/h1-8,12,14,21,28H,9-11,13,25H2/t21-/m1/s1. The molecule has 1 aliphatic rings. The fourth-order valence-corrected chi connectivity index (χ4v) is 3.73. The Bertz CT molecular complexity index is 1120. The van der Waals surface area contributed by atoms with Gasteiger partial charge in [0.15, 0.2) is 0 Å². The van der Waals surface area contributed by atoms with Gasteiger partial charge in [0, 0.05) is 31.0 Å². The van der Waals surface area contributed by atoms with Crippen LogP contribution < -0.4 is 11.3 Å². The fourth-order valence-electron chi connectivity index (χ4n) is 3.73. The number of fused-ring (bicyclic) bond motifs is 1. The Morgan fingerprint density at radius 3 is 2.50 bits per heavy atom. The van der Waals surface area contributed by atoms with Crippen molar-refractivity contribution in [1.82, 2.24) is 9.47 Å². The second-order valence-corrected chi connectivity index (χ2v) is 7.50. The van der Waals surface area contributed by atoms with Gasteiger partial charge in [-0.3, -0.25) is 14.2 Å². The average molecular weight is 407 g/mol. The number of pyridine rings is 1. The molecule has 0 saturated carbocycles. The zero-order chi connectivity index (χ0) is 21.3. The van der Waals surface area contributed by atoms with Gasteiger partial charge in [-0.25, -0.2) is 4.39 Å². The quantitative estimate of drug-likeness (QED) is 0.694. The van der Waals surface area contributed by atoms with Crippen LogP contribution in [0.4, 0.5) is 4.39 Å². The average Bonchev–Trinajstić information content (AvgIpc) is 2.74. The van der Waals surface area contributed by atoms with Gasteiger partial charge in [0.05, 0.1) is 6.04 Å². The van der Waals surface area contributed by atoms with Gasteiger partial charge in [0.25, 0.3) is 5.56 Å². The van der Waals surface area contributed by atoms with Crippen molar-refractivity contribution in [2.45, 2.75) is 25.4 Å². The Balaban J connectivity index is 1.52. The third kappa shape index (κ3) is 4.11. The number of amides is 1. The second-order valence-electron chi connectivity index (χ2n) is 7.50. The summed E-state index contributed by atoms with van der Waals surface area (Å²) >= 11 is 0. The molecule has 7 heteroatoms. The number of phenolic OH excluding ortho intramolecular Hbond substituents is 1. The van der Waals surface area contributed by atoms with E-state index in [2.05, 4.69) is 0 Å². The van der Waals surface area contributed by atoms with Crippen LogP contribution in [-0.2, 0) is 24.2 Å². The van der Waals surface area contributed by atoms with Crippen molar-refractivity contribution < 1.29 is 14.3 Å². The van der Waals surface area contributed by atoms with E-state index in [0.717, 1.165) is 16.7 Å². The number of phenols is 1. The molecule has 2 heterocycles. The highest BCUT2D eigenvalue weighted by atomic mass is 19.1. The zero-order valence-electron chi connectivity index (χ0n) is 16.3. The van der Waals surface area contributed by atoms with E-state index in [4.69, 9.17) is 5.73 Å².